The molecule has 40 heavy (non-hydrogen) atoms. The van der Waals surface area contributed by atoms with Gasteiger partial charge < -0.3 is 25.8 Å². The van der Waals surface area contributed by atoms with Crippen molar-refractivity contribution in [3.05, 3.63) is 69.7 Å². The van der Waals surface area contributed by atoms with Gasteiger partial charge in [0.25, 0.3) is 0 Å². The van der Waals surface area contributed by atoms with Gasteiger partial charge in [0.2, 0.25) is 11.8 Å². The Kier molecular flexibility index (Phi) is 8.22. The topological polar surface area (TPSA) is 99.0 Å². The number of nitrogens with one attached hydrogen (secondary N) is 1. The number of nitrogens with two attached hydrogens (primary N) is 1. The lowest BCUT2D eigenvalue weighted by molar-refractivity contribution is -0.166. The average molecular weight is 592 g/mol. The fourth-order valence-corrected chi connectivity index (χ4v) is 5.02. The summed E-state index contributed by atoms with van der Waals surface area (Å²) in [5.41, 5.74) is 3.02. The summed E-state index contributed by atoms with van der Waals surface area (Å²) in [4.78, 5) is 43.0. The van der Waals surface area contributed by atoms with E-state index >= 15 is 0 Å². The van der Waals surface area contributed by atoms with Gasteiger partial charge in [0.15, 0.2) is 0 Å². The smallest absolute Gasteiger partial charge is 0.334 e. The molecule has 0 unspecified atom stereocenters. The van der Waals surface area contributed by atoms with E-state index in [1.165, 1.54) is 14.7 Å². The molecule has 3 N–H and O–H groups in total. The fourth-order valence-electron chi connectivity index (χ4n) is 4.82. The molecule has 2 aromatic rings. The monoisotopic (exact) mass is 591 g/mol. The summed E-state index contributed by atoms with van der Waals surface area (Å²) < 4.78 is 79.3. The molecule has 0 radical (unpaired) electrons. The van der Waals surface area contributed by atoms with Gasteiger partial charge in [-0.2, -0.15) is 26.3 Å². The molecule has 2 heterocycles. The lowest BCUT2D eigenvalue weighted by Crippen LogP contribution is -2.73. The second-order valence-electron chi connectivity index (χ2n) is 9.36. The number of hydrogen-bond acceptors (Lipinski definition) is 4. The number of carbonyl (C=O) groups is 3. The summed E-state index contributed by atoms with van der Waals surface area (Å²) in [6.45, 7) is -1.02. The van der Waals surface area contributed by atoms with Gasteiger partial charge in [-0.1, -0.05) is 29.8 Å². The molecule has 0 bridgehead atoms. The van der Waals surface area contributed by atoms with Gasteiger partial charge in [-0.05, 0) is 35.4 Å². The Balaban J connectivity index is 1.57. The highest BCUT2D eigenvalue weighted by Gasteiger charge is 2.48. The van der Waals surface area contributed by atoms with Crippen LogP contribution in [0.15, 0.2) is 42.5 Å². The highest BCUT2D eigenvalue weighted by atomic mass is 35.5. The molecule has 2 aromatic carbocycles. The summed E-state index contributed by atoms with van der Waals surface area (Å²) in [5, 5.41) is 2.75. The molecule has 2 fully saturated rings. The molecule has 15 heteroatoms. The van der Waals surface area contributed by atoms with Crippen LogP contribution in [0.3, 0.4) is 0 Å². The number of alkyl halides is 6. The third kappa shape index (κ3) is 6.12. The molecular formula is C25H24ClF6N5O3. The number of nitrogens with zero attached hydrogens (tertiary/aromatic N) is 3. The Morgan fingerprint density at radius 3 is 2.23 bits per heavy atom. The van der Waals surface area contributed by atoms with Crippen LogP contribution in [0.1, 0.15) is 28.7 Å². The molecule has 216 valence electrons. The number of hydrogen-bond donors (Lipinski definition) is 2. The standard InChI is InChI=1S/C25H24ClF6N5O3/c26-18-4-2-1-3-15(18)12-35-13-20-36(6-5-21(38)37(20)19(10-33)22(35)39)23(40)34-11-14-7-16(24(27,28)29)9-17(8-14)25(30,31)32/h1-4,7-9,19-20H,5-6,10-13,33H2,(H,34,40)/t19-,20+/m0/s1. The zero-order chi connectivity index (χ0) is 29.4. The van der Waals surface area contributed by atoms with Gasteiger partial charge in [0, 0.05) is 37.6 Å². The number of fused-ring (bicyclic) bond motifs is 1. The normalized spacial score (nSPS) is 20.1. The summed E-state index contributed by atoms with van der Waals surface area (Å²) in [6, 6.07) is 5.91. The molecule has 0 aliphatic carbocycles. The van der Waals surface area contributed by atoms with E-state index in [2.05, 4.69) is 5.32 Å². The van der Waals surface area contributed by atoms with Crippen LogP contribution >= 0.6 is 11.6 Å². The minimum Gasteiger partial charge on any atom is -0.334 e. The molecule has 4 amide bonds. The van der Waals surface area contributed by atoms with E-state index in [0.717, 1.165) is 0 Å². The van der Waals surface area contributed by atoms with Crippen LogP contribution in [0.25, 0.3) is 0 Å². The van der Waals surface area contributed by atoms with E-state index in [1.807, 2.05) is 0 Å². The number of halogens is 7. The average Bonchev–Trinajstić information content (AvgIpc) is 2.88. The third-order valence-corrected chi connectivity index (χ3v) is 7.11. The Bertz CT molecular complexity index is 1270. The minimum atomic E-state index is -5.04. The van der Waals surface area contributed by atoms with E-state index < -0.39 is 65.6 Å². The van der Waals surface area contributed by atoms with Crippen LogP contribution in [-0.4, -0.2) is 64.4 Å². The highest BCUT2D eigenvalue weighted by Crippen LogP contribution is 2.36. The molecule has 4 rings (SSSR count). The van der Waals surface area contributed by atoms with Gasteiger partial charge in [-0.25, -0.2) is 4.79 Å². The van der Waals surface area contributed by atoms with Gasteiger partial charge >= 0.3 is 18.4 Å². The number of benzene rings is 2. The lowest BCUT2D eigenvalue weighted by atomic mass is 10.0. The summed E-state index contributed by atoms with van der Waals surface area (Å²) in [5.74, 6) is -0.860. The van der Waals surface area contributed by atoms with Crippen LogP contribution < -0.4 is 11.1 Å². The molecular weight excluding hydrogens is 568 g/mol. The molecule has 2 saturated heterocycles. The van der Waals surface area contributed by atoms with Crippen molar-refractivity contribution in [3.8, 4) is 0 Å². The van der Waals surface area contributed by atoms with E-state index in [4.69, 9.17) is 17.3 Å². The van der Waals surface area contributed by atoms with Gasteiger partial charge in [0.05, 0.1) is 17.7 Å². The van der Waals surface area contributed by atoms with Crippen LogP contribution in [0.5, 0.6) is 0 Å². The number of amides is 4. The predicted octanol–water partition coefficient (Wildman–Crippen LogP) is 3.82. The van der Waals surface area contributed by atoms with Crippen molar-refractivity contribution in [1.29, 1.82) is 0 Å². The first-order chi connectivity index (χ1) is 18.7. The minimum absolute atomic E-state index is 0.000969. The summed E-state index contributed by atoms with van der Waals surface area (Å²) >= 11 is 6.24. The molecule has 0 aromatic heterocycles. The second-order valence-corrected chi connectivity index (χ2v) is 9.77. The third-order valence-electron chi connectivity index (χ3n) is 6.75. The van der Waals surface area contributed by atoms with Crippen LogP contribution in [0, 0.1) is 0 Å². The largest absolute Gasteiger partial charge is 0.416 e. The molecule has 8 nitrogen and oxygen atoms in total. The molecule has 2 aliphatic heterocycles. The van der Waals surface area contributed by atoms with Crippen molar-refractivity contribution in [2.45, 2.75) is 44.1 Å². The molecule has 2 aliphatic rings. The Labute approximate surface area is 229 Å². The van der Waals surface area contributed by atoms with Crippen molar-refractivity contribution in [2.24, 2.45) is 5.73 Å². The first-order valence-electron chi connectivity index (χ1n) is 12.1. The van der Waals surface area contributed by atoms with Crippen molar-refractivity contribution in [2.75, 3.05) is 19.6 Å². The fraction of sp³-hybridized carbons (Fsp3) is 0.400. The zero-order valence-corrected chi connectivity index (χ0v) is 21.5. The second kappa shape index (κ2) is 11.2. The lowest BCUT2D eigenvalue weighted by Gasteiger charge is -2.52. The van der Waals surface area contributed by atoms with Crippen molar-refractivity contribution < 1.29 is 40.7 Å². The number of carbonyl (C=O) groups excluding carboxylic acids is 3. The van der Waals surface area contributed by atoms with Crippen LogP contribution in [-0.2, 0) is 35.0 Å². The molecule has 0 spiro atoms. The summed E-state index contributed by atoms with van der Waals surface area (Å²) in [7, 11) is 0. The number of rotatable bonds is 5. The maximum absolute atomic E-state index is 13.2. The van der Waals surface area contributed by atoms with E-state index in [-0.39, 0.29) is 38.7 Å². The Hall–Kier alpha value is -3.52. The summed E-state index contributed by atoms with van der Waals surface area (Å²) in [6.07, 6.45) is -11.2. The number of piperazine rings is 1. The predicted molar refractivity (Wildman–Crippen MR) is 130 cm³/mol. The van der Waals surface area contributed by atoms with Crippen molar-refractivity contribution >= 4 is 29.4 Å². The van der Waals surface area contributed by atoms with Crippen LogP contribution in [0.4, 0.5) is 31.1 Å². The first-order valence-corrected chi connectivity index (χ1v) is 12.4. The molecule has 2 atom stereocenters. The van der Waals surface area contributed by atoms with Crippen molar-refractivity contribution in [3.63, 3.8) is 0 Å². The van der Waals surface area contributed by atoms with Gasteiger partial charge in [-0.3, -0.25) is 9.59 Å². The van der Waals surface area contributed by atoms with Crippen molar-refractivity contribution in [1.82, 2.24) is 20.0 Å². The number of urea groups is 1. The highest BCUT2D eigenvalue weighted by molar-refractivity contribution is 6.31. The van der Waals surface area contributed by atoms with E-state index in [9.17, 15) is 40.7 Å². The van der Waals surface area contributed by atoms with Gasteiger partial charge in [-0.15, -0.1) is 0 Å². The SMILES string of the molecule is NC[C@H]1C(=O)N(Cc2ccccc2Cl)C[C@@H]2N(C(=O)NCc3cc(C(F)(F)F)cc(C(F)(F)F)c3)CCC(=O)N21. The van der Waals surface area contributed by atoms with E-state index in [0.29, 0.717) is 22.7 Å². The van der Waals surface area contributed by atoms with Crippen LogP contribution in [0.2, 0.25) is 5.02 Å². The Morgan fingerprint density at radius 1 is 1.02 bits per heavy atom. The maximum Gasteiger partial charge on any atom is 0.416 e. The first kappa shape index (κ1) is 29.5. The maximum atomic E-state index is 13.2. The van der Waals surface area contributed by atoms with E-state index in [1.54, 1.807) is 24.3 Å². The van der Waals surface area contributed by atoms with Gasteiger partial charge in [0.1, 0.15) is 12.2 Å². The Morgan fingerprint density at radius 2 is 1.65 bits per heavy atom. The zero-order valence-electron chi connectivity index (χ0n) is 20.7. The molecule has 0 saturated carbocycles. The quantitative estimate of drug-likeness (QED) is 0.517.